The minimum atomic E-state index is -4.69. The Balaban J connectivity index is 1.66. The monoisotopic (exact) mass is 457 g/mol. The van der Waals surface area contributed by atoms with Gasteiger partial charge in [-0.15, -0.1) is 0 Å². The molecular weight excluding hydrogens is 438 g/mol. The number of hydrogen-bond donors (Lipinski definition) is 2. The average Bonchev–Trinajstić information content (AvgIpc) is 3.50. The van der Waals surface area contributed by atoms with Crippen LogP contribution in [-0.4, -0.2) is 34.1 Å². The van der Waals surface area contributed by atoms with E-state index < -0.39 is 29.3 Å². The summed E-state index contributed by atoms with van der Waals surface area (Å²) in [6.45, 7) is 0. The van der Waals surface area contributed by atoms with Crippen molar-refractivity contribution >= 4 is 11.6 Å². The number of H-pyrrole nitrogens is 1. The molecule has 0 bridgehead atoms. The summed E-state index contributed by atoms with van der Waals surface area (Å²) in [5, 5.41) is 16.7. The number of amides is 1. The lowest BCUT2D eigenvalue weighted by atomic mass is 9.95. The molecule has 1 aliphatic rings. The van der Waals surface area contributed by atoms with E-state index in [4.69, 9.17) is 0 Å². The van der Waals surface area contributed by atoms with Crippen molar-refractivity contribution in [2.75, 3.05) is 12.4 Å². The predicted octanol–water partition coefficient (Wildman–Crippen LogP) is 4.88. The molecule has 10 heteroatoms. The molecule has 3 aromatic rings. The first kappa shape index (κ1) is 22.5. The van der Waals surface area contributed by atoms with Gasteiger partial charge >= 0.3 is 6.18 Å². The third-order valence-corrected chi connectivity index (χ3v) is 5.53. The number of benzene rings is 2. The number of aromatic nitrogens is 2. The average molecular weight is 457 g/mol. The Bertz CT molecular complexity index is 1230. The molecule has 0 aliphatic heterocycles. The zero-order chi connectivity index (χ0) is 23.8. The summed E-state index contributed by atoms with van der Waals surface area (Å²) in [7, 11) is 1.94. The Labute approximate surface area is 186 Å². The van der Waals surface area contributed by atoms with Crippen molar-refractivity contribution in [2.45, 2.75) is 31.1 Å². The Morgan fingerprint density at radius 1 is 1.21 bits per heavy atom. The van der Waals surface area contributed by atoms with Gasteiger partial charge in [0, 0.05) is 12.1 Å². The number of carbonyl (C=O) groups is 1. The second-order valence-corrected chi connectivity index (χ2v) is 7.89. The zero-order valence-electron chi connectivity index (χ0n) is 17.4. The van der Waals surface area contributed by atoms with Crippen LogP contribution in [0.25, 0.3) is 0 Å². The molecule has 1 unspecified atom stereocenters. The van der Waals surface area contributed by atoms with E-state index in [1.54, 1.807) is 29.4 Å². The molecule has 1 saturated carbocycles. The Morgan fingerprint density at radius 3 is 2.58 bits per heavy atom. The molecule has 1 heterocycles. The fourth-order valence-electron chi connectivity index (χ4n) is 3.71. The molecule has 4 rings (SSSR count). The highest BCUT2D eigenvalue weighted by Crippen LogP contribution is 2.38. The number of halogens is 4. The van der Waals surface area contributed by atoms with Gasteiger partial charge in [-0.2, -0.15) is 23.5 Å². The van der Waals surface area contributed by atoms with Gasteiger partial charge in [0.25, 0.3) is 5.91 Å². The fourth-order valence-corrected chi connectivity index (χ4v) is 3.71. The van der Waals surface area contributed by atoms with Gasteiger partial charge in [-0.05, 0) is 55.3 Å². The van der Waals surface area contributed by atoms with Crippen LogP contribution >= 0.6 is 0 Å². The molecule has 1 aliphatic carbocycles. The molecule has 1 aromatic heterocycles. The summed E-state index contributed by atoms with van der Waals surface area (Å²) in [5.74, 6) is -1.71. The maximum absolute atomic E-state index is 14.5. The summed E-state index contributed by atoms with van der Waals surface area (Å²) < 4.78 is 52.8. The fraction of sp³-hybridized carbons (Fsp3) is 0.261. The first-order chi connectivity index (χ1) is 15.7. The van der Waals surface area contributed by atoms with Crippen LogP contribution in [0.2, 0.25) is 0 Å². The van der Waals surface area contributed by atoms with Crippen LogP contribution in [0, 0.1) is 17.1 Å². The smallest absolute Gasteiger partial charge is 0.318 e. The topological polar surface area (TPSA) is 84.8 Å². The highest BCUT2D eigenvalue weighted by Gasteiger charge is 2.35. The van der Waals surface area contributed by atoms with Crippen LogP contribution < -0.4 is 5.32 Å². The van der Waals surface area contributed by atoms with E-state index in [1.807, 2.05) is 13.1 Å². The Morgan fingerprint density at radius 2 is 1.94 bits per heavy atom. The number of hydrogen-bond acceptors (Lipinski definition) is 4. The number of alkyl halides is 3. The molecule has 2 aromatic carbocycles. The summed E-state index contributed by atoms with van der Waals surface area (Å²) >= 11 is 0. The number of anilines is 1. The second kappa shape index (κ2) is 8.67. The molecule has 0 spiro atoms. The van der Waals surface area contributed by atoms with Crippen molar-refractivity contribution in [2.24, 2.45) is 0 Å². The standard InChI is InChI=1S/C23H19F4N5O/c1-32(16-6-7-16)21(14-4-2-3-13(9-14)12-28)15-5-8-17(24)18(10-15)29-22(33)19-11-20(31-30-19)23(25,26)27/h2-5,8-11,16,21H,6-7H2,1H3,(H,29,33)(H,30,31). The second-order valence-electron chi connectivity index (χ2n) is 7.89. The van der Waals surface area contributed by atoms with Crippen molar-refractivity contribution in [3.8, 4) is 6.07 Å². The van der Waals surface area contributed by atoms with E-state index in [-0.39, 0.29) is 11.7 Å². The number of nitrogens with zero attached hydrogens (tertiary/aromatic N) is 3. The van der Waals surface area contributed by atoms with Crippen LogP contribution in [-0.2, 0) is 6.18 Å². The van der Waals surface area contributed by atoms with Gasteiger partial charge in [0.2, 0.25) is 0 Å². The highest BCUT2D eigenvalue weighted by molar-refractivity contribution is 6.03. The van der Waals surface area contributed by atoms with E-state index in [1.165, 1.54) is 12.1 Å². The van der Waals surface area contributed by atoms with E-state index in [0.29, 0.717) is 23.2 Å². The molecule has 6 nitrogen and oxygen atoms in total. The lowest BCUT2D eigenvalue weighted by molar-refractivity contribution is -0.141. The maximum Gasteiger partial charge on any atom is 0.432 e. The van der Waals surface area contributed by atoms with Crippen LogP contribution in [0.4, 0.5) is 23.2 Å². The summed E-state index contributed by atoms with van der Waals surface area (Å²) in [5.41, 5.74) is 0.102. The van der Waals surface area contributed by atoms with Gasteiger partial charge in [-0.1, -0.05) is 18.2 Å². The molecule has 33 heavy (non-hydrogen) atoms. The first-order valence-corrected chi connectivity index (χ1v) is 10.1. The number of nitrogens with one attached hydrogen (secondary N) is 2. The van der Waals surface area contributed by atoms with Crippen molar-refractivity contribution in [3.05, 3.63) is 82.4 Å². The predicted molar refractivity (Wildman–Crippen MR) is 112 cm³/mol. The van der Waals surface area contributed by atoms with Crippen molar-refractivity contribution < 1.29 is 22.4 Å². The lowest BCUT2D eigenvalue weighted by Crippen LogP contribution is -2.28. The van der Waals surface area contributed by atoms with Crippen molar-refractivity contribution in [3.63, 3.8) is 0 Å². The third kappa shape index (κ3) is 4.88. The normalized spacial score (nSPS) is 14.7. The number of carbonyl (C=O) groups excluding carboxylic acids is 1. The Hall–Kier alpha value is -3.71. The molecule has 0 saturated heterocycles. The quantitative estimate of drug-likeness (QED) is 0.517. The van der Waals surface area contributed by atoms with Crippen LogP contribution in [0.1, 0.15) is 51.8 Å². The molecule has 2 N–H and O–H groups in total. The van der Waals surface area contributed by atoms with E-state index in [2.05, 4.69) is 21.4 Å². The molecule has 0 radical (unpaired) electrons. The van der Waals surface area contributed by atoms with Crippen molar-refractivity contribution in [1.82, 2.24) is 15.1 Å². The van der Waals surface area contributed by atoms with Gasteiger partial charge in [-0.3, -0.25) is 14.8 Å². The summed E-state index contributed by atoms with van der Waals surface area (Å²) in [4.78, 5) is 14.5. The van der Waals surface area contributed by atoms with Crippen LogP contribution in [0.3, 0.4) is 0 Å². The van der Waals surface area contributed by atoms with E-state index in [0.717, 1.165) is 18.4 Å². The summed E-state index contributed by atoms with van der Waals surface area (Å²) in [6.07, 6.45) is -2.66. The third-order valence-electron chi connectivity index (χ3n) is 5.53. The first-order valence-electron chi connectivity index (χ1n) is 10.1. The van der Waals surface area contributed by atoms with E-state index >= 15 is 0 Å². The summed E-state index contributed by atoms with van der Waals surface area (Å²) in [6, 6.07) is 14.0. The minimum Gasteiger partial charge on any atom is -0.318 e. The maximum atomic E-state index is 14.5. The van der Waals surface area contributed by atoms with Gasteiger partial charge in [-0.25, -0.2) is 4.39 Å². The number of nitriles is 1. The van der Waals surface area contributed by atoms with Crippen LogP contribution in [0.15, 0.2) is 48.5 Å². The molecule has 1 amide bonds. The highest BCUT2D eigenvalue weighted by atomic mass is 19.4. The largest absolute Gasteiger partial charge is 0.432 e. The SMILES string of the molecule is CN(C1CC1)C(c1cccc(C#N)c1)c1ccc(F)c(NC(=O)c2cc(C(F)(F)F)[nH]n2)c1. The van der Waals surface area contributed by atoms with Crippen molar-refractivity contribution in [1.29, 1.82) is 5.26 Å². The lowest BCUT2D eigenvalue weighted by Gasteiger charge is -2.29. The van der Waals surface area contributed by atoms with Gasteiger partial charge in [0.1, 0.15) is 11.5 Å². The molecular formula is C23H19F4N5O. The molecule has 170 valence electrons. The number of rotatable bonds is 6. The minimum absolute atomic E-state index is 0.181. The van der Waals surface area contributed by atoms with E-state index in [9.17, 15) is 27.6 Å². The van der Waals surface area contributed by atoms with Gasteiger partial charge in [0.05, 0.1) is 23.4 Å². The molecule has 1 atom stereocenters. The molecule has 1 fully saturated rings. The van der Waals surface area contributed by atoms with Gasteiger partial charge < -0.3 is 5.32 Å². The Kier molecular flexibility index (Phi) is 5.91. The van der Waals surface area contributed by atoms with Gasteiger partial charge in [0.15, 0.2) is 5.69 Å². The zero-order valence-corrected chi connectivity index (χ0v) is 17.4. The number of aromatic amines is 1. The van der Waals surface area contributed by atoms with Crippen LogP contribution in [0.5, 0.6) is 0 Å².